The summed E-state index contributed by atoms with van der Waals surface area (Å²) in [5, 5.41) is 17.9. The second-order valence-electron chi connectivity index (χ2n) is 4.84. The van der Waals surface area contributed by atoms with Crippen molar-refractivity contribution in [3.63, 3.8) is 0 Å². The van der Waals surface area contributed by atoms with Crippen molar-refractivity contribution in [2.75, 3.05) is 6.54 Å². The van der Waals surface area contributed by atoms with E-state index in [0.29, 0.717) is 17.8 Å². The lowest BCUT2D eigenvalue weighted by Gasteiger charge is -2.09. The minimum Gasteiger partial charge on any atom is -0.354 e. The molecule has 7 heteroatoms. The zero-order valence-electron chi connectivity index (χ0n) is 12.4. The molecule has 6 nitrogen and oxygen atoms in total. The molecule has 0 bridgehead atoms. The zero-order valence-corrected chi connectivity index (χ0v) is 13.2. The number of nitrogens with one attached hydrogen (secondary N) is 1. The van der Waals surface area contributed by atoms with Crippen LogP contribution in [-0.4, -0.2) is 22.2 Å². The van der Waals surface area contributed by atoms with Crippen LogP contribution in [0.2, 0.25) is 0 Å². The average Bonchev–Trinajstić information content (AvgIpc) is 2.99. The number of rotatable bonds is 5. The number of nitrogens with zero attached hydrogens (tertiary/aromatic N) is 3. The topological polar surface area (TPSA) is 87.8 Å². The van der Waals surface area contributed by atoms with E-state index in [0.717, 1.165) is 11.1 Å². The first-order valence-electron chi connectivity index (χ1n) is 6.80. The molecule has 0 saturated heterocycles. The van der Waals surface area contributed by atoms with Crippen molar-refractivity contribution in [2.24, 2.45) is 0 Å². The first-order chi connectivity index (χ1) is 10.5. The van der Waals surface area contributed by atoms with E-state index in [1.54, 1.807) is 25.2 Å². The molecule has 2 rings (SSSR count). The van der Waals surface area contributed by atoms with Crippen LogP contribution < -0.4 is 10.9 Å². The summed E-state index contributed by atoms with van der Waals surface area (Å²) in [6.07, 6.45) is 0.752. The molecule has 0 fully saturated rings. The van der Waals surface area contributed by atoms with Crippen molar-refractivity contribution < 1.29 is 4.79 Å². The summed E-state index contributed by atoms with van der Waals surface area (Å²) in [6.45, 7) is 3.71. The Bertz CT molecular complexity index is 772. The van der Waals surface area contributed by atoms with E-state index >= 15 is 0 Å². The molecule has 1 N–H and O–H groups in total. The maximum atomic E-state index is 12.1. The third-order valence-electron chi connectivity index (χ3n) is 3.32. The summed E-state index contributed by atoms with van der Waals surface area (Å²) >= 11 is 1.63. The van der Waals surface area contributed by atoms with Gasteiger partial charge in [0.2, 0.25) is 5.91 Å². The maximum Gasteiger partial charge on any atom is 0.285 e. The molecule has 0 atom stereocenters. The van der Waals surface area contributed by atoms with Crippen LogP contribution in [-0.2, 0) is 17.8 Å². The Morgan fingerprint density at radius 1 is 1.50 bits per heavy atom. The number of nitriles is 1. The molecule has 0 aliphatic heterocycles. The SMILES string of the molecule is Cc1nn(CC(=O)NCCc2cccs2)c(=O)c(C#N)c1C. The molecule has 22 heavy (non-hydrogen) atoms. The Labute approximate surface area is 132 Å². The van der Waals surface area contributed by atoms with Gasteiger partial charge in [-0.15, -0.1) is 11.3 Å². The lowest BCUT2D eigenvalue weighted by atomic mass is 10.1. The molecule has 0 aliphatic rings. The molecular formula is C15H16N4O2S. The van der Waals surface area contributed by atoms with Crippen molar-refractivity contribution in [1.82, 2.24) is 15.1 Å². The minimum absolute atomic E-state index is 0.0406. The lowest BCUT2D eigenvalue weighted by Crippen LogP contribution is -2.36. The predicted octanol–water partition coefficient (Wildman–Crippen LogP) is 1.15. The monoisotopic (exact) mass is 316 g/mol. The fourth-order valence-corrected chi connectivity index (χ4v) is 2.69. The number of aryl methyl sites for hydroxylation is 1. The van der Waals surface area contributed by atoms with Crippen LogP contribution in [0.4, 0.5) is 0 Å². The molecule has 0 unspecified atom stereocenters. The van der Waals surface area contributed by atoms with Gasteiger partial charge in [-0.3, -0.25) is 9.59 Å². The van der Waals surface area contributed by atoms with Crippen LogP contribution in [0, 0.1) is 25.2 Å². The number of carbonyl (C=O) groups is 1. The van der Waals surface area contributed by atoms with Crippen molar-refractivity contribution in [1.29, 1.82) is 5.26 Å². The van der Waals surface area contributed by atoms with Gasteiger partial charge in [-0.25, -0.2) is 4.68 Å². The van der Waals surface area contributed by atoms with E-state index in [9.17, 15) is 9.59 Å². The highest BCUT2D eigenvalue weighted by Crippen LogP contribution is 2.08. The van der Waals surface area contributed by atoms with Crippen LogP contribution in [0.5, 0.6) is 0 Å². The number of amides is 1. The largest absolute Gasteiger partial charge is 0.354 e. The standard InChI is InChI=1S/C15H16N4O2S/c1-10-11(2)18-19(15(21)13(10)8-16)9-14(20)17-6-5-12-4-3-7-22-12/h3-4,7H,5-6,9H2,1-2H3,(H,17,20). The summed E-state index contributed by atoms with van der Waals surface area (Å²) in [7, 11) is 0. The summed E-state index contributed by atoms with van der Waals surface area (Å²) in [4.78, 5) is 25.2. The van der Waals surface area contributed by atoms with Gasteiger partial charge in [0.25, 0.3) is 5.56 Å². The van der Waals surface area contributed by atoms with Gasteiger partial charge in [0.05, 0.1) is 5.69 Å². The normalized spacial score (nSPS) is 10.2. The van der Waals surface area contributed by atoms with Gasteiger partial charge in [-0.1, -0.05) is 6.07 Å². The zero-order chi connectivity index (χ0) is 16.1. The second-order valence-corrected chi connectivity index (χ2v) is 5.87. The Hall–Kier alpha value is -2.46. The Kier molecular flexibility index (Phi) is 5.07. The van der Waals surface area contributed by atoms with Gasteiger partial charge >= 0.3 is 0 Å². The maximum absolute atomic E-state index is 12.1. The smallest absolute Gasteiger partial charge is 0.285 e. The number of hydrogen-bond acceptors (Lipinski definition) is 5. The molecule has 2 aromatic heterocycles. The summed E-state index contributed by atoms with van der Waals surface area (Å²) in [5.41, 5.74) is 0.641. The Balaban J connectivity index is 2.01. The van der Waals surface area contributed by atoms with Gasteiger partial charge in [0, 0.05) is 11.4 Å². The summed E-state index contributed by atoms with van der Waals surface area (Å²) < 4.78 is 1.04. The molecule has 1 amide bonds. The van der Waals surface area contributed by atoms with E-state index in [4.69, 9.17) is 5.26 Å². The summed E-state index contributed by atoms with van der Waals surface area (Å²) in [5.74, 6) is -0.293. The lowest BCUT2D eigenvalue weighted by molar-refractivity contribution is -0.121. The fraction of sp³-hybridized carbons (Fsp3) is 0.333. The van der Waals surface area contributed by atoms with E-state index in [2.05, 4.69) is 10.4 Å². The van der Waals surface area contributed by atoms with Gasteiger partial charge in [0.15, 0.2) is 0 Å². The van der Waals surface area contributed by atoms with Crippen LogP contribution in [0.25, 0.3) is 0 Å². The number of thiophene rings is 1. The second kappa shape index (κ2) is 7.00. The minimum atomic E-state index is -0.529. The summed E-state index contributed by atoms with van der Waals surface area (Å²) in [6, 6.07) is 5.84. The Morgan fingerprint density at radius 2 is 2.27 bits per heavy atom. The number of carbonyl (C=O) groups excluding carboxylic acids is 1. The van der Waals surface area contributed by atoms with Crippen molar-refractivity contribution in [3.8, 4) is 6.07 Å². The first kappa shape index (κ1) is 15.9. The van der Waals surface area contributed by atoms with Gasteiger partial charge < -0.3 is 5.32 Å². The van der Waals surface area contributed by atoms with Crippen molar-refractivity contribution >= 4 is 17.2 Å². The quantitative estimate of drug-likeness (QED) is 0.896. The molecule has 0 radical (unpaired) electrons. The first-order valence-corrected chi connectivity index (χ1v) is 7.68. The molecule has 2 aromatic rings. The van der Waals surface area contributed by atoms with Crippen LogP contribution in [0.1, 0.15) is 21.7 Å². The number of aromatic nitrogens is 2. The van der Waals surface area contributed by atoms with Gasteiger partial charge in [-0.05, 0) is 37.3 Å². The average molecular weight is 316 g/mol. The molecule has 0 aromatic carbocycles. The van der Waals surface area contributed by atoms with E-state index in [-0.39, 0.29) is 18.0 Å². The Morgan fingerprint density at radius 3 is 2.91 bits per heavy atom. The van der Waals surface area contributed by atoms with Crippen LogP contribution in [0.3, 0.4) is 0 Å². The van der Waals surface area contributed by atoms with Crippen molar-refractivity contribution in [2.45, 2.75) is 26.8 Å². The van der Waals surface area contributed by atoms with Crippen LogP contribution in [0.15, 0.2) is 22.3 Å². The molecular weight excluding hydrogens is 300 g/mol. The molecule has 0 aliphatic carbocycles. The molecule has 0 saturated carbocycles. The van der Waals surface area contributed by atoms with E-state index < -0.39 is 5.56 Å². The van der Waals surface area contributed by atoms with Gasteiger partial charge in [0.1, 0.15) is 18.2 Å². The van der Waals surface area contributed by atoms with E-state index in [1.807, 2.05) is 23.6 Å². The third kappa shape index (κ3) is 3.59. The van der Waals surface area contributed by atoms with E-state index in [1.165, 1.54) is 4.88 Å². The highest BCUT2D eigenvalue weighted by atomic mass is 32.1. The molecule has 0 spiro atoms. The highest BCUT2D eigenvalue weighted by molar-refractivity contribution is 7.09. The third-order valence-corrected chi connectivity index (χ3v) is 4.25. The molecule has 114 valence electrons. The predicted molar refractivity (Wildman–Crippen MR) is 83.7 cm³/mol. The highest BCUT2D eigenvalue weighted by Gasteiger charge is 2.13. The molecule has 2 heterocycles. The van der Waals surface area contributed by atoms with Crippen molar-refractivity contribution in [3.05, 3.63) is 49.6 Å². The number of hydrogen-bond donors (Lipinski definition) is 1. The van der Waals surface area contributed by atoms with Gasteiger partial charge in [-0.2, -0.15) is 10.4 Å². The van der Waals surface area contributed by atoms with Crippen LogP contribution >= 0.6 is 11.3 Å². The fourth-order valence-electron chi connectivity index (χ4n) is 1.98.